The number of hydrogen-bond acceptors (Lipinski definition) is 3. The third-order valence-electron chi connectivity index (χ3n) is 1.98. The van der Waals surface area contributed by atoms with Crippen molar-refractivity contribution in [3.63, 3.8) is 0 Å². The van der Waals surface area contributed by atoms with Gasteiger partial charge < -0.3 is 4.74 Å². The van der Waals surface area contributed by atoms with E-state index in [1.165, 1.54) is 6.20 Å². The second-order valence-corrected chi connectivity index (χ2v) is 3.87. The monoisotopic (exact) mass is 268 g/mol. The predicted molar refractivity (Wildman–Crippen MR) is 58.8 cm³/mol. The normalized spacial score (nSPS) is 10.5. The van der Waals surface area contributed by atoms with Crippen LogP contribution in [0.15, 0.2) is 29.0 Å². The van der Waals surface area contributed by atoms with Crippen LogP contribution < -0.4 is 0 Å². The summed E-state index contributed by atoms with van der Waals surface area (Å²) in [7, 11) is 0. The largest absolute Gasteiger partial charge is 0.462 e. The second-order valence-electron chi connectivity index (χ2n) is 2.96. The summed E-state index contributed by atoms with van der Waals surface area (Å²) in [5, 5.41) is 4.07. The predicted octanol–water partition coefficient (Wildman–Crippen LogP) is 2.27. The molecule has 0 aliphatic rings. The zero-order valence-electron chi connectivity index (χ0n) is 8.11. The van der Waals surface area contributed by atoms with Crippen LogP contribution in [0.4, 0.5) is 0 Å². The highest BCUT2D eigenvalue weighted by atomic mass is 79.9. The Balaban J connectivity index is 2.49. The van der Waals surface area contributed by atoms with Crippen molar-refractivity contribution in [3.8, 4) is 0 Å². The minimum absolute atomic E-state index is 0.338. The molecule has 2 rings (SSSR count). The van der Waals surface area contributed by atoms with E-state index in [4.69, 9.17) is 4.74 Å². The molecule has 0 aliphatic carbocycles. The summed E-state index contributed by atoms with van der Waals surface area (Å²) in [5.74, 6) is -0.338. The van der Waals surface area contributed by atoms with Crippen molar-refractivity contribution in [2.75, 3.05) is 6.61 Å². The average molecular weight is 269 g/mol. The van der Waals surface area contributed by atoms with Crippen LogP contribution in [0, 0.1) is 0 Å². The molecule has 78 valence electrons. The van der Waals surface area contributed by atoms with Crippen LogP contribution in [0.25, 0.3) is 5.52 Å². The molecule has 0 radical (unpaired) electrons. The number of esters is 1. The quantitative estimate of drug-likeness (QED) is 0.785. The molecule has 2 heterocycles. The fraction of sp³-hybridized carbons (Fsp3) is 0.200. The zero-order chi connectivity index (χ0) is 10.8. The third-order valence-corrected chi connectivity index (χ3v) is 2.44. The SMILES string of the molecule is CCOC(=O)c1cnn2cc(Br)ccc12. The Hall–Kier alpha value is -1.36. The second kappa shape index (κ2) is 4.02. The average Bonchev–Trinajstić information content (AvgIpc) is 2.60. The van der Waals surface area contributed by atoms with Gasteiger partial charge in [0.15, 0.2) is 0 Å². The summed E-state index contributed by atoms with van der Waals surface area (Å²) in [6.07, 6.45) is 3.30. The van der Waals surface area contributed by atoms with Crippen molar-refractivity contribution >= 4 is 27.4 Å². The van der Waals surface area contributed by atoms with Crippen molar-refractivity contribution in [1.82, 2.24) is 9.61 Å². The lowest BCUT2D eigenvalue weighted by Gasteiger charge is -1.99. The van der Waals surface area contributed by atoms with Crippen molar-refractivity contribution < 1.29 is 9.53 Å². The molecule has 2 aromatic rings. The number of carbonyl (C=O) groups is 1. The van der Waals surface area contributed by atoms with Crippen LogP contribution in [0.3, 0.4) is 0 Å². The zero-order valence-corrected chi connectivity index (χ0v) is 9.69. The van der Waals surface area contributed by atoms with E-state index in [-0.39, 0.29) is 5.97 Å². The Morgan fingerprint density at radius 2 is 2.40 bits per heavy atom. The van der Waals surface area contributed by atoms with E-state index in [0.29, 0.717) is 12.2 Å². The number of aromatic nitrogens is 2. The molecule has 2 aromatic heterocycles. The maximum absolute atomic E-state index is 11.5. The number of nitrogens with zero attached hydrogens (tertiary/aromatic N) is 2. The van der Waals surface area contributed by atoms with Crippen molar-refractivity contribution in [2.45, 2.75) is 6.92 Å². The Bertz CT molecular complexity index is 507. The van der Waals surface area contributed by atoms with Crippen molar-refractivity contribution in [1.29, 1.82) is 0 Å². The number of carbonyl (C=O) groups excluding carboxylic acids is 1. The molecular formula is C10H9BrN2O2. The van der Waals surface area contributed by atoms with Gasteiger partial charge in [-0.25, -0.2) is 9.31 Å². The first kappa shape index (κ1) is 10.2. The summed E-state index contributed by atoms with van der Waals surface area (Å²) in [6, 6.07) is 3.68. The smallest absolute Gasteiger partial charge is 0.341 e. The maximum Gasteiger partial charge on any atom is 0.341 e. The standard InChI is InChI=1S/C10H9BrN2O2/c1-2-15-10(14)8-5-12-13-6-7(11)3-4-9(8)13/h3-6H,2H2,1H3. The van der Waals surface area contributed by atoms with Gasteiger partial charge >= 0.3 is 5.97 Å². The minimum atomic E-state index is -0.338. The van der Waals surface area contributed by atoms with Crippen LogP contribution >= 0.6 is 15.9 Å². The van der Waals surface area contributed by atoms with Gasteiger partial charge in [-0.15, -0.1) is 0 Å². The number of rotatable bonds is 2. The molecule has 0 aliphatic heterocycles. The molecule has 0 bridgehead atoms. The van der Waals surface area contributed by atoms with Gasteiger partial charge in [0.2, 0.25) is 0 Å². The number of halogens is 1. The molecule has 5 heteroatoms. The highest BCUT2D eigenvalue weighted by Crippen LogP contribution is 2.15. The first-order chi connectivity index (χ1) is 7.22. The molecule has 0 unspecified atom stereocenters. The maximum atomic E-state index is 11.5. The molecule has 4 nitrogen and oxygen atoms in total. The van der Waals surface area contributed by atoms with E-state index in [9.17, 15) is 4.79 Å². The van der Waals surface area contributed by atoms with Crippen molar-refractivity contribution in [3.05, 3.63) is 34.6 Å². The number of pyridine rings is 1. The molecule has 0 saturated carbocycles. The van der Waals surface area contributed by atoms with E-state index < -0.39 is 0 Å². The Morgan fingerprint density at radius 1 is 1.60 bits per heavy atom. The van der Waals surface area contributed by atoms with Crippen LogP contribution in [0.2, 0.25) is 0 Å². The third kappa shape index (κ3) is 1.87. The van der Waals surface area contributed by atoms with E-state index in [2.05, 4.69) is 21.0 Å². The fourth-order valence-corrected chi connectivity index (χ4v) is 1.65. The number of fused-ring (bicyclic) bond motifs is 1. The van der Waals surface area contributed by atoms with Gasteiger partial charge in [-0.05, 0) is 35.0 Å². The molecule has 0 saturated heterocycles. The summed E-state index contributed by atoms with van der Waals surface area (Å²) in [4.78, 5) is 11.5. The Labute approximate surface area is 95.0 Å². The van der Waals surface area contributed by atoms with Crippen LogP contribution in [0.1, 0.15) is 17.3 Å². The van der Waals surface area contributed by atoms with Gasteiger partial charge in [-0.3, -0.25) is 0 Å². The highest BCUT2D eigenvalue weighted by molar-refractivity contribution is 9.10. The van der Waals surface area contributed by atoms with Gasteiger partial charge in [0, 0.05) is 10.7 Å². The van der Waals surface area contributed by atoms with Gasteiger partial charge in [0.25, 0.3) is 0 Å². The molecule has 0 atom stereocenters. The number of hydrogen-bond donors (Lipinski definition) is 0. The first-order valence-corrected chi connectivity index (χ1v) is 5.31. The molecule has 0 fully saturated rings. The van der Waals surface area contributed by atoms with Crippen molar-refractivity contribution in [2.24, 2.45) is 0 Å². The number of ether oxygens (including phenoxy) is 1. The van der Waals surface area contributed by atoms with E-state index in [1.807, 2.05) is 12.1 Å². The van der Waals surface area contributed by atoms with Crippen LogP contribution in [-0.2, 0) is 4.74 Å². The summed E-state index contributed by atoms with van der Waals surface area (Å²) in [5.41, 5.74) is 1.24. The summed E-state index contributed by atoms with van der Waals surface area (Å²) in [6.45, 7) is 2.15. The molecule has 0 aromatic carbocycles. The first-order valence-electron chi connectivity index (χ1n) is 4.52. The molecule has 0 spiro atoms. The lowest BCUT2D eigenvalue weighted by Crippen LogP contribution is -2.03. The molecular weight excluding hydrogens is 260 g/mol. The van der Waals surface area contributed by atoms with Gasteiger partial charge in [-0.2, -0.15) is 5.10 Å². The Kier molecular flexibility index (Phi) is 2.73. The lowest BCUT2D eigenvalue weighted by molar-refractivity contribution is 0.0528. The topological polar surface area (TPSA) is 43.6 Å². The van der Waals surface area contributed by atoms with Gasteiger partial charge in [-0.1, -0.05) is 0 Å². The van der Waals surface area contributed by atoms with Gasteiger partial charge in [0.1, 0.15) is 5.56 Å². The molecule has 15 heavy (non-hydrogen) atoms. The van der Waals surface area contributed by atoms with Crippen LogP contribution in [0.5, 0.6) is 0 Å². The summed E-state index contributed by atoms with van der Waals surface area (Å²) >= 11 is 3.33. The fourth-order valence-electron chi connectivity index (χ4n) is 1.33. The summed E-state index contributed by atoms with van der Waals surface area (Å²) < 4.78 is 7.47. The highest BCUT2D eigenvalue weighted by Gasteiger charge is 2.13. The van der Waals surface area contributed by atoms with Gasteiger partial charge in [0.05, 0.1) is 18.3 Å². The lowest BCUT2D eigenvalue weighted by atomic mass is 10.3. The van der Waals surface area contributed by atoms with E-state index >= 15 is 0 Å². The van der Waals surface area contributed by atoms with Crippen LogP contribution in [-0.4, -0.2) is 22.2 Å². The minimum Gasteiger partial charge on any atom is -0.462 e. The Morgan fingerprint density at radius 3 is 3.13 bits per heavy atom. The molecule has 0 N–H and O–H groups in total. The molecule has 0 amide bonds. The van der Waals surface area contributed by atoms with E-state index in [1.54, 1.807) is 17.6 Å². The van der Waals surface area contributed by atoms with E-state index in [0.717, 1.165) is 9.99 Å².